The van der Waals surface area contributed by atoms with Crippen LogP contribution < -0.4 is 4.74 Å². The van der Waals surface area contributed by atoms with E-state index in [2.05, 4.69) is 4.98 Å². The average molecular weight is 945 g/mol. The van der Waals surface area contributed by atoms with Crippen LogP contribution in [0.15, 0.2) is 60.8 Å². The Morgan fingerprint density at radius 1 is 0.530 bits per heavy atom. The maximum absolute atomic E-state index is 13.4. The fourth-order valence-electron chi connectivity index (χ4n) is 5.78. The normalized spacial score (nSPS) is 11.7. The number of nitrogens with zero attached hydrogens (tertiary/aromatic N) is 2. The fraction of sp³-hybridized carbons (Fsp3) is 0.609. The van der Waals surface area contributed by atoms with Crippen LogP contribution in [0, 0.1) is 0 Å². The molecule has 0 spiro atoms. The van der Waals surface area contributed by atoms with Crippen LogP contribution in [0.25, 0.3) is 22.3 Å². The van der Waals surface area contributed by atoms with Crippen molar-refractivity contribution in [2.24, 2.45) is 0 Å². The van der Waals surface area contributed by atoms with Gasteiger partial charge in [0, 0.05) is 25.4 Å². The van der Waals surface area contributed by atoms with Crippen LogP contribution in [-0.4, -0.2) is 194 Å². The lowest BCUT2D eigenvalue weighted by atomic mass is 9.97. The zero-order chi connectivity index (χ0) is 47.3. The van der Waals surface area contributed by atoms with E-state index in [1.165, 1.54) is 18.1 Å². The molecular formula is C46H67F3N2O15. The number of hydrogen-bond donors (Lipinski definition) is 1. The van der Waals surface area contributed by atoms with Gasteiger partial charge in [0.1, 0.15) is 5.75 Å². The smallest absolute Gasteiger partial charge is 0.416 e. The SMILES string of the molecule is COCCOCCOCCOCCOCCOCCOCCOCCOCCOCCOCCOCCN(Cc1cc(-c2cc(-c3cccc(C(F)(F)F)c3)ccc2OC)ccn1)C(=O)O. The topological polar surface area (TPSA) is 173 Å². The van der Waals surface area contributed by atoms with Gasteiger partial charge in [-0.3, -0.25) is 4.98 Å². The molecule has 3 aromatic rings. The number of alkyl halides is 3. The van der Waals surface area contributed by atoms with Gasteiger partial charge in [0.2, 0.25) is 0 Å². The molecule has 0 unspecified atom stereocenters. The summed E-state index contributed by atoms with van der Waals surface area (Å²) in [5.41, 5.74) is 1.95. The molecule has 1 heterocycles. The maximum atomic E-state index is 13.4. The molecule has 0 atom stereocenters. The highest BCUT2D eigenvalue weighted by molar-refractivity contribution is 5.78. The monoisotopic (exact) mass is 944 g/mol. The number of hydrogen-bond acceptors (Lipinski definition) is 15. The van der Waals surface area contributed by atoms with Gasteiger partial charge in [-0.05, 0) is 53.1 Å². The molecule has 0 bridgehead atoms. The summed E-state index contributed by atoms with van der Waals surface area (Å²) in [6, 6.07) is 13.6. The number of rotatable bonds is 41. The molecule has 2 aromatic carbocycles. The van der Waals surface area contributed by atoms with Gasteiger partial charge in [-0.25, -0.2) is 4.79 Å². The van der Waals surface area contributed by atoms with Gasteiger partial charge in [-0.2, -0.15) is 13.2 Å². The van der Waals surface area contributed by atoms with E-state index in [4.69, 9.17) is 61.6 Å². The summed E-state index contributed by atoms with van der Waals surface area (Å²) in [4.78, 5) is 17.6. The molecule has 0 saturated carbocycles. The van der Waals surface area contributed by atoms with Gasteiger partial charge in [0.15, 0.2) is 0 Å². The number of pyridine rings is 1. The molecular weight excluding hydrogens is 877 g/mol. The second-order valence-electron chi connectivity index (χ2n) is 14.0. The standard InChI is InChI=1S/C46H67F3N2O15/c1-54-12-13-57-16-17-59-20-21-61-24-25-63-28-29-65-32-33-66-31-30-64-27-26-62-23-22-60-19-18-58-15-14-56-11-10-51(45(52)53)37-42-35-40(8-9-50-42)43-36-39(6-7-44(43)55-2)38-4-3-5-41(34-38)46(47,48)49/h3-9,34-36H,10-33,37H2,1-2H3,(H,52,53). The largest absolute Gasteiger partial charge is 0.496 e. The van der Waals surface area contributed by atoms with Crippen LogP contribution in [0.3, 0.4) is 0 Å². The lowest BCUT2D eigenvalue weighted by molar-refractivity contribution is -0.137. The Balaban J connectivity index is 1.11. The minimum Gasteiger partial charge on any atom is -0.496 e. The van der Waals surface area contributed by atoms with Crippen molar-refractivity contribution >= 4 is 6.09 Å². The molecule has 1 aromatic heterocycles. The Kier molecular flexibility index (Phi) is 30.8. The molecule has 66 heavy (non-hydrogen) atoms. The molecule has 372 valence electrons. The number of ether oxygens (including phenoxy) is 13. The van der Waals surface area contributed by atoms with Gasteiger partial charge >= 0.3 is 12.3 Å². The molecule has 0 fully saturated rings. The quantitative estimate of drug-likeness (QED) is 0.0681. The summed E-state index contributed by atoms with van der Waals surface area (Å²) in [5, 5.41) is 9.84. The predicted octanol–water partition coefficient (Wildman–Crippen LogP) is 5.75. The molecule has 0 aliphatic rings. The summed E-state index contributed by atoms with van der Waals surface area (Å²) < 4.78 is 111. The Labute approximate surface area is 385 Å². The van der Waals surface area contributed by atoms with Crippen molar-refractivity contribution in [3.05, 3.63) is 72.1 Å². The summed E-state index contributed by atoms with van der Waals surface area (Å²) in [7, 11) is 3.13. The molecule has 20 heteroatoms. The third-order valence-corrected chi connectivity index (χ3v) is 9.13. The minimum atomic E-state index is -4.48. The molecule has 1 N–H and O–H groups in total. The van der Waals surface area contributed by atoms with Crippen molar-refractivity contribution in [1.29, 1.82) is 0 Å². The van der Waals surface area contributed by atoms with E-state index in [1.54, 1.807) is 49.7 Å². The summed E-state index contributed by atoms with van der Waals surface area (Å²) >= 11 is 0. The average Bonchev–Trinajstić information content (AvgIpc) is 3.32. The Morgan fingerprint density at radius 3 is 1.36 bits per heavy atom. The van der Waals surface area contributed by atoms with Crippen LogP contribution in [0.5, 0.6) is 5.75 Å². The lowest BCUT2D eigenvalue weighted by Gasteiger charge is -2.19. The molecule has 0 aliphatic heterocycles. The lowest BCUT2D eigenvalue weighted by Crippen LogP contribution is -2.32. The highest BCUT2D eigenvalue weighted by Gasteiger charge is 2.30. The summed E-state index contributed by atoms with van der Waals surface area (Å²) in [6.07, 6.45) is -4.07. The van der Waals surface area contributed by atoms with E-state index in [-0.39, 0.29) is 26.3 Å². The molecule has 0 radical (unpaired) electrons. The first kappa shape index (κ1) is 56.3. The number of carbonyl (C=O) groups is 1. The third kappa shape index (κ3) is 25.8. The molecule has 0 aliphatic carbocycles. The maximum Gasteiger partial charge on any atom is 0.416 e. The van der Waals surface area contributed by atoms with Crippen molar-refractivity contribution in [1.82, 2.24) is 9.88 Å². The van der Waals surface area contributed by atoms with Crippen molar-refractivity contribution in [3.63, 3.8) is 0 Å². The highest BCUT2D eigenvalue weighted by Crippen LogP contribution is 2.37. The van der Waals surface area contributed by atoms with Crippen LogP contribution in [0.4, 0.5) is 18.0 Å². The van der Waals surface area contributed by atoms with E-state index in [1.807, 2.05) is 0 Å². The van der Waals surface area contributed by atoms with Crippen LogP contribution in [0.1, 0.15) is 11.3 Å². The van der Waals surface area contributed by atoms with Gasteiger partial charge in [-0.15, -0.1) is 0 Å². The van der Waals surface area contributed by atoms with E-state index < -0.39 is 17.8 Å². The van der Waals surface area contributed by atoms with Gasteiger partial charge < -0.3 is 71.6 Å². The first-order chi connectivity index (χ1) is 32.2. The number of benzene rings is 2. The second-order valence-corrected chi connectivity index (χ2v) is 14.0. The molecule has 17 nitrogen and oxygen atoms in total. The van der Waals surface area contributed by atoms with Crippen molar-refractivity contribution in [3.8, 4) is 28.0 Å². The number of methoxy groups -OCH3 is 2. The number of aromatic nitrogens is 1. The third-order valence-electron chi connectivity index (χ3n) is 9.13. The zero-order valence-corrected chi connectivity index (χ0v) is 38.1. The Morgan fingerprint density at radius 2 is 0.955 bits per heavy atom. The highest BCUT2D eigenvalue weighted by atomic mass is 19.4. The summed E-state index contributed by atoms with van der Waals surface area (Å²) in [6.45, 7) is 10.3. The van der Waals surface area contributed by atoms with Crippen LogP contribution >= 0.6 is 0 Å². The first-order valence-corrected chi connectivity index (χ1v) is 21.9. The number of carboxylic acid groups (broad SMARTS) is 1. The van der Waals surface area contributed by atoms with Gasteiger partial charge in [0.05, 0.1) is 177 Å². The van der Waals surface area contributed by atoms with Gasteiger partial charge in [-0.1, -0.05) is 18.2 Å². The number of amides is 1. The second kappa shape index (κ2) is 36.1. The first-order valence-electron chi connectivity index (χ1n) is 21.9. The van der Waals surface area contributed by atoms with Gasteiger partial charge in [0.25, 0.3) is 0 Å². The Bertz CT molecular complexity index is 1690. The van der Waals surface area contributed by atoms with E-state index >= 15 is 0 Å². The fourth-order valence-corrected chi connectivity index (χ4v) is 5.78. The molecule has 0 saturated heterocycles. The summed E-state index contributed by atoms with van der Waals surface area (Å²) in [5.74, 6) is 0.497. The van der Waals surface area contributed by atoms with Crippen molar-refractivity contribution in [2.75, 3.05) is 173 Å². The van der Waals surface area contributed by atoms with E-state index in [0.717, 1.165) is 12.1 Å². The number of halogens is 3. The zero-order valence-electron chi connectivity index (χ0n) is 38.1. The van der Waals surface area contributed by atoms with E-state index in [0.29, 0.717) is 172 Å². The molecule has 3 rings (SSSR count). The van der Waals surface area contributed by atoms with Crippen molar-refractivity contribution in [2.45, 2.75) is 12.7 Å². The predicted molar refractivity (Wildman–Crippen MR) is 236 cm³/mol. The molecule has 1 amide bonds. The van der Waals surface area contributed by atoms with Crippen LogP contribution in [0.2, 0.25) is 0 Å². The van der Waals surface area contributed by atoms with E-state index in [9.17, 15) is 23.1 Å². The van der Waals surface area contributed by atoms with Crippen molar-refractivity contribution < 1.29 is 84.7 Å². The van der Waals surface area contributed by atoms with Crippen LogP contribution in [-0.2, 0) is 69.6 Å². The Hall–Kier alpha value is -4.03. The minimum absolute atomic E-state index is 0.0127.